The smallest absolute Gasteiger partial charge is 0.255 e. The Morgan fingerprint density at radius 2 is 1.95 bits per heavy atom. The van der Waals surface area contributed by atoms with E-state index < -0.39 is 5.91 Å². The highest BCUT2D eigenvalue weighted by Crippen LogP contribution is 2.09. The molecule has 0 aliphatic rings. The van der Waals surface area contributed by atoms with Crippen molar-refractivity contribution < 1.29 is 9.59 Å². The van der Waals surface area contributed by atoms with Gasteiger partial charge in [-0.15, -0.1) is 0 Å². The summed E-state index contributed by atoms with van der Waals surface area (Å²) < 4.78 is 1.36. The van der Waals surface area contributed by atoms with E-state index in [0.717, 1.165) is 5.56 Å². The molecule has 0 unspecified atom stereocenters. The number of hydrogen-bond acceptors (Lipinski definition) is 4. The average Bonchev–Trinajstić information content (AvgIpc) is 2.85. The van der Waals surface area contributed by atoms with Crippen LogP contribution in [0, 0.1) is 0 Å². The number of carbonyl (C=O) groups is 2. The van der Waals surface area contributed by atoms with Gasteiger partial charge in [0.25, 0.3) is 5.91 Å². The Labute approximate surface area is 115 Å². The number of hydrogen-bond donors (Lipinski definition) is 3. The van der Waals surface area contributed by atoms with E-state index in [-0.39, 0.29) is 12.5 Å². The fraction of sp³-hybridized carbons (Fsp3) is 0.154. The Morgan fingerprint density at radius 1 is 1.25 bits per heavy atom. The van der Waals surface area contributed by atoms with Gasteiger partial charge in [-0.2, -0.15) is 5.10 Å². The number of anilines is 1. The van der Waals surface area contributed by atoms with Gasteiger partial charge in [-0.1, -0.05) is 12.1 Å². The summed E-state index contributed by atoms with van der Waals surface area (Å²) in [5.74, 6) is -0.754. The van der Waals surface area contributed by atoms with E-state index in [2.05, 4.69) is 10.4 Å². The average molecular weight is 273 g/mol. The third-order valence-electron chi connectivity index (χ3n) is 2.66. The van der Waals surface area contributed by atoms with Gasteiger partial charge in [0.2, 0.25) is 5.91 Å². The highest BCUT2D eigenvalue weighted by Gasteiger charge is 2.08. The van der Waals surface area contributed by atoms with Gasteiger partial charge in [0, 0.05) is 18.3 Å². The van der Waals surface area contributed by atoms with Crippen molar-refractivity contribution in [3.63, 3.8) is 0 Å². The molecular weight excluding hydrogens is 258 g/mol. The number of nitrogens with one attached hydrogen (secondary N) is 1. The number of nitrogens with two attached hydrogens (primary N) is 2. The molecule has 0 fully saturated rings. The van der Waals surface area contributed by atoms with Gasteiger partial charge in [-0.25, -0.2) is 0 Å². The molecule has 0 spiro atoms. The maximum atomic E-state index is 12.0. The number of primary amides is 1. The second kappa shape index (κ2) is 5.98. The Balaban J connectivity index is 2.03. The van der Waals surface area contributed by atoms with Gasteiger partial charge < -0.3 is 16.8 Å². The Bertz CT molecular complexity index is 618. The molecule has 7 heteroatoms. The van der Waals surface area contributed by atoms with Gasteiger partial charge in [0.1, 0.15) is 6.54 Å². The van der Waals surface area contributed by atoms with E-state index in [1.165, 1.54) is 17.1 Å². The molecule has 0 saturated carbocycles. The van der Waals surface area contributed by atoms with Crippen LogP contribution in [0.5, 0.6) is 0 Å². The summed E-state index contributed by atoms with van der Waals surface area (Å²) in [6.07, 6.45) is 2.99. The van der Waals surface area contributed by atoms with E-state index in [1.54, 1.807) is 24.3 Å². The first-order chi connectivity index (χ1) is 9.58. The van der Waals surface area contributed by atoms with Crippen LogP contribution in [0.25, 0.3) is 0 Å². The van der Waals surface area contributed by atoms with Crippen LogP contribution in [-0.2, 0) is 17.9 Å². The molecular formula is C13H15N5O2. The van der Waals surface area contributed by atoms with Gasteiger partial charge in [0.15, 0.2) is 0 Å². The van der Waals surface area contributed by atoms with E-state index in [0.29, 0.717) is 17.8 Å². The molecule has 7 nitrogen and oxygen atoms in total. The molecule has 1 aromatic heterocycles. The van der Waals surface area contributed by atoms with Gasteiger partial charge in [-0.3, -0.25) is 14.3 Å². The SMILES string of the molecule is NCc1ccc(C(=O)Nc2cnn(CC(N)=O)c2)cc1. The summed E-state index contributed by atoms with van der Waals surface area (Å²) in [5.41, 5.74) is 12.5. The third-order valence-corrected chi connectivity index (χ3v) is 2.66. The third kappa shape index (κ3) is 3.42. The van der Waals surface area contributed by atoms with Crippen LogP contribution in [-0.4, -0.2) is 21.6 Å². The zero-order valence-corrected chi connectivity index (χ0v) is 10.7. The van der Waals surface area contributed by atoms with Gasteiger partial charge >= 0.3 is 0 Å². The predicted octanol–water partition coefficient (Wildman–Crippen LogP) is 0.0794. The Hall–Kier alpha value is -2.67. The van der Waals surface area contributed by atoms with E-state index in [4.69, 9.17) is 11.5 Å². The monoisotopic (exact) mass is 273 g/mol. The van der Waals surface area contributed by atoms with Crippen molar-refractivity contribution in [3.8, 4) is 0 Å². The first-order valence-electron chi connectivity index (χ1n) is 5.99. The van der Waals surface area contributed by atoms with Crippen LogP contribution < -0.4 is 16.8 Å². The summed E-state index contributed by atoms with van der Waals surface area (Å²) >= 11 is 0. The summed E-state index contributed by atoms with van der Waals surface area (Å²) in [6.45, 7) is 0.406. The lowest BCUT2D eigenvalue weighted by Crippen LogP contribution is -2.18. The summed E-state index contributed by atoms with van der Waals surface area (Å²) in [7, 11) is 0. The van der Waals surface area contributed by atoms with E-state index in [1.807, 2.05) is 0 Å². The number of rotatable bonds is 5. The second-order valence-corrected chi connectivity index (χ2v) is 4.25. The first-order valence-corrected chi connectivity index (χ1v) is 5.99. The van der Waals surface area contributed by atoms with Crippen LogP contribution in [0.15, 0.2) is 36.7 Å². The Morgan fingerprint density at radius 3 is 2.55 bits per heavy atom. The quantitative estimate of drug-likeness (QED) is 0.715. The van der Waals surface area contributed by atoms with Crippen LogP contribution in [0.4, 0.5) is 5.69 Å². The van der Waals surface area contributed by atoms with Crippen molar-refractivity contribution in [3.05, 3.63) is 47.8 Å². The molecule has 0 radical (unpaired) electrons. The number of carbonyl (C=O) groups excluding carboxylic acids is 2. The zero-order valence-electron chi connectivity index (χ0n) is 10.7. The van der Waals surface area contributed by atoms with Crippen molar-refractivity contribution in [1.29, 1.82) is 0 Å². The standard InChI is InChI=1S/C13H15N5O2/c14-5-9-1-3-10(4-2-9)13(20)17-11-6-16-18(7-11)8-12(15)19/h1-4,6-7H,5,8,14H2,(H2,15,19)(H,17,20). The molecule has 0 atom stereocenters. The fourth-order valence-electron chi connectivity index (χ4n) is 1.67. The molecule has 20 heavy (non-hydrogen) atoms. The fourth-order valence-corrected chi connectivity index (χ4v) is 1.67. The van der Waals surface area contributed by atoms with Crippen LogP contribution in [0.2, 0.25) is 0 Å². The minimum Gasteiger partial charge on any atom is -0.368 e. The van der Waals surface area contributed by atoms with Crippen LogP contribution >= 0.6 is 0 Å². The lowest BCUT2D eigenvalue weighted by Gasteiger charge is -2.03. The molecule has 0 bridgehead atoms. The summed E-state index contributed by atoms with van der Waals surface area (Å²) in [4.78, 5) is 22.7. The molecule has 5 N–H and O–H groups in total. The van der Waals surface area contributed by atoms with Crippen molar-refractivity contribution in [1.82, 2.24) is 9.78 Å². The van der Waals surface area contributed by atoms with Gasteiger partial charge in [-0.05, 0) is 17.7 Å². The summed E-state index contributed by atoms with van der Waals surface area (Å²) in [6, 6.07) is 6.99. The minimum atomic E-state index is -0.497. The minimum absolute atomic E-state index is 0.0267. The first kappa shape index (κ1) is 13.8. The number of nitrogens with zero attached hydrogens (tertiary/aromatic N) is 2. The Kier molecular flexibility index (Phi) is 4.11. The largest absolute Gasteiger partial charge is 0.368 e. The van der Waals surface area contributed by atoms with Crippen molar-refractivity contribution in [2.45, 2.75) is 13.1 Å². The molecule has 2 rings (SSSR count). The van der Waals surface area contributed by atoms with Crippen LogP contribution in [0.1, 0.15) is 15.9 Å². The lowest BCUT2D eigenvalue weighted by atomic mass is 10.1. The highest BCUT2D eigenvalue weighted by molar-refractivity contribution is 6.04. The molecule has 0 aliphatic carbocycles. The highest BCUT2D eigenvalue weighted by atomic mass is 16.2. The van der Waals surface area contributed by atoms with E-state index >= 15 is 0 Å². The van der Waals surface area contributed by atoms with Crippen molar-refractivity contribution >= 4 is 17.5 Å². The number of benzene rings is 1. The lowest BCUT2D eigenvalue weighted by molar-refractivity contribution is -0.118. The maximum absolute atomic E-state index is 12.0. The molecule has 1 aromatic carbocycles. The van der Waals surface area contributed by atoms with Gasteiger partial charge in [0.05, 0.1) is 11.9 Å². The maximum Gasteiger partial charge on any atom is 0.255 e. The molecule has 0 saturated heterocycles. The number of amides is 2. The molecule has 0 aliphatic heterocycles. The van der Waals surface area contributed by atoms with Crippen molar-refractivity contribution in [2.75, 3.05) is 5.32 Å². The van der Waals surface area contributed by atoms with Crippen molar-refractivity contribution in [2.24, 2.45) is 11.5 Å². The zero-order chi connectivity index (χ0) is 14.5. The predicted molar refractivity (Wildman–Crippen MR) is 73.7 cm³/mol. The molecule has 2 aromatic rings. The number of aromatic nitrogens is 2. The molecule has 2 amide bonds. The second-order valence-electron chi connectivity index (χ2n) is 4.25. The van der Waals surface area contributed by atoms with E-state index in [9.17, 15) is 9.59 Å². The topological polar surface area (TPSA) is 116 Å². The van der Waals surface area contributed by atoms with Crippen LogP contribution in [0.3, 0.4) is 0 Å². The molecule has 104 valence electrons. The normalized spacial score (nSPS) is 10.2. The molecule has 1 heterocycles. The summed E-state index contributed by atoms with van der Waals surface area (Å²) in [5, 5.41) is 6.60.